The van der Waals surface area contributed by atoms with Crippen molar-refractivity contribution >= 4 is 32.4 Å². The second-order valence-electron chi connectivity index (χ2n) is 11.3. The molecule has 8 heteroatoms. The lowest BCUT2D eigenvalue weighted by atomic mass is 9.87. The molecule has 4 aromatic rings. The highest BCUT2D eigenvalue weighted by Gasteiger charge is 2.31. The summed E-state index contributed by atoms with van der Waals surface area (Å²) in [5.41, 5.74) is 4.12. The monoisotopic (exact) mass is 543 g/mol. The summed E-state index contributed by atoms with van der Waals surface area (Å²) in [4.78, 5) is 12.5. The molecule has 2 heterocycles. The van der Waals surface area contributed by atoms with E-state index in [0.717, 1.165) is 39.4 Å². The van der Waals surface area contributed by atoms with E-state index in [1.807, 2.05) is 54.6 Å². The first-order valence-electron chi connectivity index (χ1n) is 13.5. The van der Waals surface area contributed by atoms with Gasteiger partial charge in [-0.05, 0) is 60.7 Å². The summed E-state index contributed by atoms with van der Waals surface area (Å²) in [5, 5.41) is 4.48. The maximum Gasteiger partial charge on any atom is 0.243 e. The summed E-state index contributed by atoms with van der Waals surface area (Å²) >= 11 is 0. The highest BCUT2D eigenvalue weighted by molar-refractivity contribution is 7.89. The number of piperazine rings is 1. The minimum absolute atomic E-state index is 0.0236. The summed E-state index contributed by atoms with van der Waals surface area (Å²) in [5.74, 6) is 1.50. The first kappa shape index (κ1) is 27.2. The average molecular weight is 544 g/mol. The van der Waals surface area contributed by atoms with Crippen molar-refractivity contribution in [2.24, 2.45) is 0 Å². The lowest BCUT2D eigenvalue weighted by Gasteiger charge is -2.37. The molecule has 204 valence electrons. The summed E-state index contributed by atoms with van der Waals surface area (Å²) in [6, 6.07) is 23.4. The molecule has 0 spiro atoms. The minimum atomic E-state index is -3.55. The SMILES string of the molecule is Cc1ccccc1Nc1nc([C@@H](C)N2CCN(S(=O)(=O)c3ccc(C(C)(C)C)cc3)CC2)nc2ccccc12. The number of benzene rings is 3. The number of nitrogens with one attached hydrogen (secondary N) is 1. The molecule has 3 aromatic carbocycles. The van der Waals surface area contributed by atoms with Crippen LogP contribution in [0.25, 0.3) is 10.9 Å². The van der Waals surface area contributed by atoms with E-state index < -0.39 is 10.0 Å². The molecular formula is C31H37N5O2S. The third kappa shape index (κ3) is 5.69. The Morgan fingerprint density at radius 2 is 1.49 bits per heavy atom. The molecule has 0 aliphatic carbocycles. The highest BCUT2D eigenvalue weighted by Crippen LogP contribution is 2.30. The van der Waals surface area contributed by atoms with Gasteiger partial charge in [-0.3, -0.25) is 4.90 Å². The van der Waals surface area contributed by atoms with Gasteiger partial charge in [0.2, 0.25) is 10.0 Å². The average Bonchev–Trinajstić information content (AvgIpc) is 2.93. The van der Waals surface area contributed by atoms with Crippen LogP contribution in [0.1, 0.15) is 50.7 Å². The maximum absolute atomic E-state index is 13.4. The van der Waals surface area contributed by atoms with E-state index in [1.165, 1.54) is 0 Å². The molecule has 0 radical (unpaired) electrons. The minimum Gasteiger partial charge on any atom is -0.339 e. The van der Waals surface area contributed by atoms with E-state index in [9.17, 15) is 8.42 Å². The van der Waals surface area contributed by atoms with Crippen LogP contribution >= 0.6 is 0 Å². The third-order valence-corrected chi connectivity index (χ3v) is 9.48. The summed E-state index contributed by atoms with van der Waals surface area (Å²) in [6.07, 6.45) is 0. The van der Waals surface area contributed by atoms with Crippen LogP contribution in [0.2, 0.25) is 0 Å². The standard InChI is InChI=1S/C31H37N5O2S/c1-22-10-6-8-12-27(22)32-30-26-11-7-9-13-28(26)33-29(34-30)23(2)35-18-20-36(21-19-35)39(37,38)25-16-14-24(15-17-25)31(3,4)5/h6-17,23H,18-21H2,1-5H3,(H,32,33,34)/t23-/m1/s1. The second kappa shape index (κ2) is 10.7. The predicted molar refractivity (Wildman–Crippen MR) is 158 cm³/mol. The van der Waals surface area contributed by atoms with E-state index in [0.29, 0.717) is 31.1 Å². The number of fused-ring (bicyclic) bond motifs is 1. The Kier molecular flexibility index (Phi) is 7.46. The summed E-state index contributed by atoms with van der Waals surface area (Å²) in [7, 11) is -3.55. The molecular weight excluding hydrogens is 506 g/mol. The van der Waals surface area contributed by atoms with Crippen molar-refractivity contribution in [1.82, 2.24) is 19.2 Å². The fourth-order valence-electron chi connectivity index (χ4n) is 4.99. The van der Waals surface area contributed by atoms with E-state index in [-0.39, 0.29) is 11.5 Å². The molecule has 7 nitrogen and oxygen atoms in total. The van der Waals surface area contributed by atoms with E-state index in [4.69, 9.17) is 9.97 Å². The van der Waals surface area contributed by atoms with E-state index in [1.54, 1.807) is 16.4 Å². The number of anilines is 2. The molecule has 1 atom stereocenters. The van der Waals surface area contributed by atoms with Crippen LogP contribution in [-0.4, -0.2) is 53.8 Å². The Bertz CT molecular complexity index is 1570. The van der Waals surface area contributed by atoms with Crippen LogP contribution in [0.5, 0.6) is 0 Å². The zero-order chi connectivity index (χ0) is 27.8. The van der Waals surface area contributed by atoms with Gasteiger partial charge in [-0.1, -0.05) is 63.2 Å². The van der Waals surface area contributed by atoms with Crippen molar-refractivity contribution in [3.63, 3.8) is 0 Å². The molecule has 1 saturated heterocycles. The third-order valence-electron chi connectivity index (χ3n) is 7.57. The van der Waals surface area contributed by atoms with Crippen LogP contribution in [0.15, 0.2) is 77.7 Å². The Hall–Kier alpha value is -3.33. The number of sulfonamides is 1. The molecule has 0 unspecified atom stereocenters. The molecule has 39 heavy (non-hydrogen) atoms. The van der Waals surface area contributed by atoms with Crippen molar-refractivity contribution in [3.8, 4) is 0 Å². The van der Waals surface area contributed by atoms with Crippen LogP contribution in [0, 0.1) is 6.92 Å². The van der Waals surface area contributed by atoms with Crippen molar-refractivity contribution in [3.05, 3.63) is 89.7 Å². The van der Waals surface area contributed by atoms with Gasteiger partial charge in [0.05, 0.1) is 16.5 Å². The lowest BCUT2D eigenvalue weighted by Crippen LogP contribution is -2.49. The van der Waals surface area contributed by atoms with Crippen LogP contribution in [0.4, 0.5) is 11.5 Å². The van der Waals surface area contributed by atoms with Gasteiger partial charge in [-0.25, -0.2) is 18.4 Å². The number of para-hydroxylation sites is 2. The normalized spacial score (nSPS) is 16.3. The van der Waals surface area contributed by atoms with Crippen molar-refractivity contribution < 1.29 is 8.42 Å². The van der Waals surface area contributed by atoms with Gasteiger partial charge in [-0.15, -0.1) is 0 Å². The van der Waals surface area contributed by atoms with Gasteiger partial charge in [0.25, 0.3) is 0 Å². The molecule has 0 amide bonds. The van der Waals surface area contributed by atoms with Gasteiger partial charge in [0, 0.05) is 37.3 Å². The Labute approximate surface area is 232 Å². The maximum atomic E-state index is 13.4. The molecule has 1 aromatic heterocycles. The molecule has 0 bridgehead atoms. The Balaban J connectivity index is 1.33. The summed E-state index contributed by atoms with van der Waals surface area (Å²) in [6.45, 7) is 12.6. The molecule has 5 rings (SSSR count). The van der Waals surface area contributed by atoms with Gasteiger partial charge in [0.15, 0.2) is 0 Å². The van der Waals surface area contributed by atoms with Gasteiger partial charge in [0.1, 0.15) is 11.6 Å². The van der Waals surface area contributed by atoms with Crippen LogP contribution in [-0.2, 0) is 15.4 Å². The molecule has 1 aliphatic rings. The van der Waals surface area contributed by atoms with Gasteiger partial charge >= 0.3 is 0 Å². The number of rotatable bonds is 6. The van der Waals surface area contributed by atoms with Gasteiger partial charge < -0.3 is 5.32 Å². The molecule has 1 aliphatic heterocycles. The quantitative estimate of drug-likeness (QED) is 0.319. The smallest absolute Gasteiger partial charge is 0.243 e. The molecule has 1 N–H and O–H groups in total. The fraction of sp³-hybridized carbons (Fsp3) is 0.355. The zero-order valence-corrected chi connectivity index (χ0v) is 24.2. The highest BCUT2D eigenvalue weighted by atomic mass is 32.2. The number of hydrogen-bond acceptors (Lipinski definition) is 6. The largest absolute Gasteiger partial charge is 0.339 e. The number of aryl methyl sites for hydroxylation is 1. The van der Waals surface area contributed by atoms with E-state index in [2.05, 4.69) is 50.9 Å². The number of nitrogens with zero attached hydrogens (tertiary/aromatic N) is 4. The topological polar surface area (TPSA) is 78.4 Å². The lowest BCUT2D eigenvalue weighted by molar-refractivity contribution is 0.141. The first-order valence-corrected chi connectivity index (χ1v) is 14.9. The Morgan fingerprint density at radius 3 is 2.15 bits per heavy atom. The zero-order valence-electron chi connectivity index (χ0n) is 23.3. The van der Waals surface area contributed by atoms with Crippen molar-refractivity contribution in [1.29, 1.82) is 0 Å². The number of hydrogen-bond donors (Lipinski definition) is 1. The van der Waals surface area contributed by atoms with E-state index >= 15 is 0 Å². The van der Waals surface area contributed by atoms with Gasteiger partial charge in [-0.2, -0.15) is 4.31 Å². The van der Waals surface area contributed by atoms with Crippen LogP contribution in [0.3, 0.4) is 0 Å². The predicted octanol–water partition coefficient (Wildman–Crippen LogP) is 6.05. The van der Waals surface area contributed by atoms with Crippen molar-refractivity contribution in [2.45, 2.75) is 51.0 Å². The Morgan fingerprint density at radius 1 is 0.846 bits per heavy atom. The summed E-state index contributed by atoms with van der Waals surface area (Å²) < 4.78 is 28.3. The second-order valence-corrected chi connectivity index (χ2v) is 13.2. The fourth-order valence-corrected chi connectivity index (χ4v) is 6.41. The van der Waals surface area contributed by atoms with Crippen molar-refractivity contribution in [2.75, 3.05) is 31.5 Å². The van der Waals surface area contributed by atoms with Crippen LogP contribution < -0.4 is 5.32 Å². The molecule has 0 saturated carbocycles. The number of aromatic nitrogens is 2. The molecule has 1 fully saturated rings. The first-order chi connectivity index (χ1) is 18.5.